The van der Waals surface area contributed by atoms with Crippen molar-refractivity contribution < 1.29 is 14.7 Å². The first-order valence-corrected chi connectivity index (χ1v) is 7.78. The van der Waals surface area contributed by atoms with E-state index in [4.69, 9.17) is 5.11 Å². The largest absolute Gasteiger partial charge is 0.481 e. The fourth-order valence-corrected chi connectivity index (χ4v) is 2.72. The summed E-state index contributed by atoms with van der Waals surface area (Å²) in [7, 11) is 0. The van der Waals surface area contributed by atoms with Gasteiger partial charge in [0.05, 0.1) is 12.1 Å². The monoisotopic (exact) mass is 319 g/mol. The summed E-state index contributed by atoms with van der Waals surface area (Å²) in [4.78, 5) is 30.9. The predicted octanol–water partition coefficient (Wildman–Crippen LogP) is 2.12. The molecule has 0 fully saturated rings. The van der Waals surface area contributed by atoms with Crippen LogP contribution in [0.1, 0.15) is 25.5 Å². The van der Waals surface area contributed by atoms with Crippen LogP contribution in [0.2, 0.25) is 0 Å². The van der Waals surface area contributed by atoms with Crippen molar-refractivity contribution in [2.45, 2.75) is 32.2 Å². The molecule has 0 aromatic carbocycles. The number of nitrogens with one attached hydrogen (secondary N) is 1. The molecule has 7 heteroatoms. The van der Waals surface area contributed by atoms with E-state index in [2.05, 4.69) is 15.3 Å². The van der Waals surface area contributed by atoms with Crippen LogP contribution >= 0.6 is 11.3 Å². The number of hydrogen-bond acceptors (Lipinski definition) is 5. The van der Waals surface area contributed by atoms with Gasteiger partial charge in [0, 0.05) is 35.8 Å². The maximum atomic E-state index is 11.9. The lowest BCUT2D eigenvalue weighted by atomic mass is 10.2. The molecule has 0 radical (unpaired) electrons. The molecular formula is C15H17N3O3S. The second-order valence-corrected chi connectivity index (χ2v) is 5.82. The van der Waals surface area contributed by atoms with Crippen molar-refractivity contribution in [3.8, 4) is 10.6 Å². The minimum atomic E-state index is -0.860. The zero-order valence-electron chi connectivity index (χ0n) is 12.2. The Labute approximate surface area is 132 Å². The molecule has 2 rings (SSSR count). The standard InChI is InChI=1S/C15H17N3O3S/c1-10(4-5-14(20)21)17-13(19)7-12-9-22-15(18-12)11-3-2-6-16-8-11/h2-3,6,8-10H,4-5,7H2,1H3,(H,17,19)(H,20,21). The third-order valence-corrected chi connectivity index (χ3v) is 3.94. The highest BCUT2D eigenvalue weighted by atomic mass is 32.1. The maximum absolute atomic E-state index is 11.9. The molecule has 2 aromatic heterocycles. The zero-order chi connectivity index (χ0) is 15.9. The Morgan fingerprint density at radius 3 is 2.95 bits per heavy atom. The summed E-state index contributed by atoms with van der Waals surface area (Å²) in [5.41, 5.74) is 1.63. The van der Waals surface area contributed by atoms with E-state index in [1.807, 2.05) is 17.5 Å². The number of carboxylic acids is 1. The lowest BCUT2D eigenvalue weighted by Gasteiger charge is -2.11. The molecule has 1 amide bonds. The van der Waals surface area contributed by atoms with Gasteiger partial charge >= 0.3 is 5.97 Å². The Morgan fingerprint density at radius 2 is 2.27 bits per heavy atom. The van der Waals surface area contributed by atoms with E-state index in [0.29, 0.717) is 12.1 Å². The fourth-order valence-electron chi connectivity index (χ4n) is 1.91. The van der Waals surface area contributed by atoms with Crippen molar-refractivity contribution in [1.82, 2.24) is 15.3 Å². The lowest BCUT2D eigenvalue weighted by molar-refractivity contribution is -0.137. The number of hydrogen-bond donors (Lipinski definition) is 2. The summed E-state index contributed by atoms with van der Waals surface area (Å²) in [6, 6.07) is 3.59. The highest BCUT2D eigenvalue weighted by molar-refractivity contribution is 7.13. The van der Waals surface area contributed by atoms with E-state index in [1.54, 1.807) is 19.3 Å². The van der Waals surface area contributed by atoms with E-state index in [9.17, 15) is 9.59 Å². The molecule has 0 bridgehead atoms. The summed E-state index contributed by atoms with van der Waals surface area (Å²) in [6.45, 7) is 1.79. The van der Waals surface area contributed by atoms with Crippen LogP contribution in [0, 0.1) is 0 Å². The molecule has 2 heterocycles. The molecule has 1 atom stereocenters. The van der Waals surface area contributed by atoms with E-state index in [-0.39, 0.29) is 24.8 Å². The number of nitrogens with zero attached hydrogens (tertiary/aromatic N) is 2. The summed E-state index contributed by atoms with van der Waals surface area (Å²) in [6.07, 6.45) is 4.08. The van der Waals surface area contributed by atoms with Crippen molar-refractivity contribution in [1.29, 1.82) is 0 Å². The molecule has 0 aliphatic rings. The van der Waals surface area contributed by atoms with Crippen LogP contribution in [0.5, 0.6) is 0 Å². The number of carboxylic acid groups (broad SMARTS) is 1. The van der Waals surface area contributed by atoms with Crippen LogP contribution in [0.25, 0.3) is 10.6 Å². The first-order valence-electron chi connectivity index (χ1n) is 6.90. The highest BCUT2D eigenvalue weighted by Gasteiger charge is 2.12. The quantitative estimate of drug-likeness (QED) is 0.815. The van der Waals surface area contributed by atoms with Gasteiger partial charge in [-0.2, -0.15) is 0 Å². The Kier molecular flexibility index (Phi) is 5.60. The van der Waals surface area contributed by atoms with Crippen LogP contribution < -0.4 is 5.32 Å². The number of aromatic nitrogens is 2. The van der Waals surface area contributed by atoms with Crippen LogP contribution in [0.4, 0.5) is 0 Å². The Bertz CT molecular complexity index is 642. The van der Waals surface area contributed by atoms with Gasteiger partial charge in [-0.1, -0.05) is 0 Å². The van der Waals surface area contributed by atoms with Crippen LogP contribution in [-0.2, 0) is 16.0 Å². The summed E-state index contributed by atoms with van der Waals surface area (Å²) < 4.78 is 0. The van der Waals surface area contributed by atoms with E-state index < -0.39 is 5.97 Å². The maximum Gasteiger partial charge on any atom is 0.303 e. The second kappa shape index (κ2) is 7.65. The van der Waals surface area contributed by atoms with Gasteiger partial charge < -0.3 is 10.4 Å². The number of pyridine rings is 1. The lowest BCUT2D eigenvalue weighted by Crippen LogP contribution is -2.34. The van der Waals surface area contributed by atoms with Gasteiger partial charge in [0.25, 0.3) is 0 Å². The van der Waals surface area contributed by atoms with Crippen LogP contribution in [0.15, 0.2) is 29.9 Å². The molecule has 2 N–H and O–H groups in total. The minimum Gasteiger partial charge on any atom is -0.481 e. The summed E-state index contributed by atoms with van der Waals surface area (Å²) in [5, 5.41) is 14.1. The van der Waals surface area contributed by atoms with E-state index >= 15 is 0 Å². The molecule has 0 saturated carbocycles. The number of amides is 1. The second-order valence-electron chi connectivity index (χ2n) is 4.96. The molecule has 0 aliphatic carbocycles. The predicted molar refractivity (Wildman–Crippen MR) is 83.5 cm³/mol. The number of aliphatic carboxylic acids is 1. The third kappa shape index (κ3) is 4.92. The normalized spacial score (nSPS) is 11.9. The zero-order valence-corrected chi connectivity index (χ0v) is 13.0. The Hall–Kier alpha value is -2.28. The van der Waals surface area contributed by atoms with Crippen LogP contribution in [-0.4, -0.2) is 33.0 Å². The van der Waals surface area contributed by atoms with Crippen molar-refractivity contribution in [2.75, 3.05) is 0 Å². The van der Waals surface area contributed by atoms with Gasteiger partial charge in [-0.3, -0.25) is 14.6 Å². The van der Waals surface area contributed by atoms with Crippen molar-refractivity contribution >= 4 is 23.2 Å². The van der Waals surface area contributed by atoms with Crippen LogP contribution in [0.3, 0.4) is 0 Å². The average Bonchev–Trinajstić information content (AvgIpc) is 2.94. The molecule has 6 nitrogen and oxygen atoms in total. The molecule has 0 saturated heterocycles. The molecule has 0 spiro atoms. The van der Waals surface area contributed by atoms with Gasteiger partial charge in [0.2, 0.25) is 5.91 Å². The smallest absolute Gasteiger partial charge is 0.303 e. The highest BCUT2D eigenvalue weighted by Crippen LogP contribution is 2.22. The first-order chi connectivity index (χ1) is 10.5. The molecule has 0 aliphatic heterocycles. The fraction of sp³-hybridized carbons (Fsp3) is 0.333. The van der Waals surface area contributed by atoms with Gasteiger partial charge in [-0.25, -0.2) is 4.98 Å². The SMILES string of the molecule is CC(CCC(=O)O)NC(=O)Cc1csc(-c2cccnc2)n1. The molecule has 116 valence electrons. The minimum absolute atomic E-state index is 0.0449. The first kappa shape index (κ1) is 16.1. The van der Waals surface area contributed by atoms with Gasteiger partial charge in [-0.05, 0) is 25.5 Å². The summed E-state index contributed by atoms with van der Waals surface area (Å²) in [5.74, 6) is -1.01. The molecule has 1 unspecified atom stereocenters. The Balaban J connectivity index is 1.87. The van der Waals surface area contributed by atoms with Gasteiger partial charge in [0.1, 0.15) is 5.01 Å². The van der Waals surface area contributed by atoms with E-state index in [0.717, 1.165) is 10.6 Å². The average molecular weight is 319 g/mol. The third-order valence-electron chi connectivity index (χ3n) is 3.00. The van der Waals surface area contributed by atoms with Gasteiger partial charge in [-0.15, -0.1) is 11.3 Å². The van der Waals surface area contributed by atoms with Gasteiger partial charge in [0.15, 0.2) is 0 Å². The number of carbonyl (C=O) groups is 2. The number of thiazole rings is 1. The summed E-state index contributed by atoms with van der Waals surface area (Å²) >= 11 is 1.47. The van der Waals surface area contributed by atoms with Crippen molar-refractivity contribution in [3.63, 3.8) is 0 Å². The molecule has 2 aromatic rings. The molecular weight excluding hydrogens is 302 g/mol. The molecule has 22 heavy (non-hydrogen) atoms. The van der Waals surface area contributed by atoms with Crippen molar-refractivity contribution in [3.05, 3.63) is 35.6 Å². The van der Waals surface area contributed by atoms with E-state index in [1.165, 1.54) is 11.3 Å². The number of rotatable bonds is 7. The topological polar surface area (TPSA) is 92.2 Å². The Morgan fingerprint density at radius 1 is 1.45 bits per heavy atom. The number of carbonyl (C=O) groups excluding carboxylic acids is 1. The van der Waals surface area contributed by atoms with Crippen molar-refractivity contribution in [2.24, 2.45) is 0 Å².